The Labute approximate surface area is 73.0 Å². The minimum atomic E-state index is -0.604. The van der Waals surface area contributed by atoms with Gasteiger partial charge < -0.3 is 5.11 Å². The second-order valence-corrected chi connectivity index (χ2v) is 4.22. The Morgan fingerprint density at radius 3 is 2.83 bits per heavy atom. The second-order valence-electron chi connectivity index (χ2n) is 4.22. The van der Waals surface area contributed by atoms with Gasteiger partial charge in [0, 0.05) is 12.3 Å². The van der Waals surface area contributed by atoms with Crippen LogP contribution in [0.25, 0.3) is 0 Å². The lowest BCUT2D eigenvalue weighted by Gasteiger charge is -2.26. The van der Waals surface area contributed by atoms with Gasteiger partial charge in [0.25, 0.3) is 0 Å². The van der Waals surface area contributed by atoms with Crippen molar-refractivity contribution in [3.05, 3.63) is 0 Å². The van der Waals surface area contributed by atoms with Crippen LogP contribution in [0.5, 0.6) is 0 Å². The number of aliphatic hydroxyl groups is 1. The minimum absolute atomic E-state index is 0.0139. The predicted molar refractivity (Wildman–Crippen MR) is 45.8 cm³/mol. The van der Waals surface area contributed by atoms with E-state index in [4.69, 9.17) is 0 Å². The standard InChI is InChI=1S/C10H16O2/c11-9-5-1-2-6-10(12)7-3-4-8(9)10/h8,12H,1-7H2/t8-,10-/m0/s1. The first-order valence-corrected chi connectivity index (χ1v) is 4.97. The van der Waals surface area contributed by atoms with Crippen molar-refractivity contribution in [1.29, 1.82) is 0 Å². The first-order chi connectivity index (χ1) is 5.72. The lowest BCUT2D eigenvalue weighted by molar-refractivity contribution is -0.129. The maximum atomic E-state index is 11.5. The number of fused-ring (bicyclic) bond motifs is 1. The molecule has 2 rings (SSSR count). The highest BCUT2D eigenvalue weighted by molar-refractivity contribution is 5.82. The SMILES string of the molecule is O=C1CCCC[C@]2(O)CCC[C@@H]12. The molecule has 0 aromatic rings. The topological polar surface area (TPSA) is 37.3 Å². The number of Topliss-reactive ketones (excluding diaryl/α,β-unsaturated/α-hetero) is 1. The van der Waals surface area contributed by atoms with E-state index in [0.29, 0.717) is 12.2 Å². The highest BCUT2D eigenvalue weighted by atomic mass is 16.3. The van der Waals surface area contributed by atoms with E-state index in [1.807, 2.05) is 0 Å². The fraction of sp³-hybridized carbons (Fsp3) is 0.900. The van der Waals surface area contributed by atoms with Gasteiger partial charge in [-0.05, 0) is 32.1 Å². The summed E-state index contributed by atoms with van der Waals surface area (Å²) in [6.07, 6.45) is 6.37. The molecule has 2 aliphatic rings. The van der Waals surface area contributed by atoms with Crippen molar-refractivity contribution >= 4 is 5.78 Å². The van der Waals surface area contributed by atoms with Gasteiger partial charge in [0.15, 0.2) is 0 Å². The van der Waals surface area contributed by atoms with Crippen LogP contribution >= 0.6 is 0 Å². The van der Waals surface area contributed by atoms with Crippen LogP contribution in [0.3, 0.4) is 0 Å². The fourth-order valence-corrected chi connectivity index (χ4v) is 2.72. The highest BCUT2D eigenvalue weighted by Gasteiger charge is 2.45. The normalized spacial score (nSPS) is 42.4. The van der Waals surface area contributed by atoms with E-state index < -0.39 is 5.60 Å². The van der Waals surface area contributed by atoms with Gasteiger partial charge in [-0.25, -0.2) is 0 Å². The largest absolute Gasteiger partial charge is 0.389 e. The van der Waals surface area contributed by atoms with Gasteiger partial charge >= 0.3 is 0 Å². The average molecular weight is 168 g/mol. The van der Waals surface area contributed by atoms with Crippen molar-refractivity contribution in [1.82, 2.24) is 0 Å². The highest BCUT2D eigenvalue weighted by Crippen LogP contribution is 2.42. The summed E-state index contributed by atoms with van der Waals surface area (Å²) in [7, 11) is 0. The number of hydrogen-bond donors (Lipinski definition) is 1. The molecular weight excluding hydrogens is 152 g/mol. The molecule has 0 aliphatic heterocycles. The van der Waals surface area contributed by atoms with Gasteiger partial charge in [0.05, 0.1) is 5.60 Å². The molecule has 2 aliphatic carbocycles. The van der Waals surface area contributed by atoms with Gasteiger partial charge in [-0.3, -0.25) is 4.79 Å². The van der Waals surface area contributed by atoms with E-state index in [0.717, 1.165) is 38.5 Å². The molecule has 68 valence electrons. The molecule has 0 aromatic carbocycles. The Bertz CT molecular complexity index is 200. The van der Waals surface area contributed by atoms with Crippen molar-refractivity contribution in [2.75, 3.05) is 0 Å². The van der Waals surface area contributed by atoms with Crippen LogP contribution in [-0.2, 0) is 4.79 Å². The molecule has 12 heavy (non-hydrogen) atoms. The molecule has 0 radical (unpaired) electrons. The maximum absolute atomic E-state index is 11.5. The van der Waals surface area contributed by atoms with E-state index in [1.54, 1.807) is 0 Å². The summed E-state index contributed by atoms with van der Waals surface area (Å²) in [6.45, 7) is 0. The van der Waals surface area contributed by atoms with Crippen LogP contribution in [0, 0.1) is 5.92 Å². The van der Waals surface area contributed by atoms with E-state index in [1.165, 1.54) is 0 Å². The van der Waals surface area contributed by atoms with Crippen LogP contribution in [0.15, 0.2) is 0 Å². The van der Waals surface area contributed by atoms with Crippen LogP contribution < -0.4 is 0 Å². The molecular formula is C10H16O2. The number of hydrogen-bond acceptors (Lipinski definition) is 2. The molecule has 1 N–H and O–H groups in total. The quantitative estimate of drug-likeness (QED) is 0.597. The van der Waals surface area contributed by atoms with E-state index >= 15 is 0 Å². The van der Waals surface area contributed by atoms with Gasteiger partial charge in [-0.1, -0.05) is 6.42 Å². The molecule has 0 bridgehead atoms. The minimum Gasteiger partial charge on any atom is -0.389 e. The number of carbonyl (C=O) groups excluding carboxylic acids is 1. The van der Waals surface area contributed by atoms with Crippen molar-refractivity contribution in [3.8, 4) is 0 Å². The van der Waals surface area contributed by atoms with Gasteiger partial charge in [-0.2, -0.15) is 0 Å². The zero-order valence-electron chi connectivity index (χ0n) is 7.38. The molecule has 0 spiro atoms. The maximum Gasteiger partial charge on any atom is 0.138 e. The summed E-state index contributed by atoms with van der Waals surface area (Å²) in [5.41, 5.74) is -0.604. The Morgan fingerprint density at radius 2 is 2.00 bits per heavy atom. The molecule has 0 aromatic heterocycles. The second kappa shape index (κ2) is 2.84. The van der Waals surface area contributed by atoms with Crippen molar-refractivity contribution in [2.45, 2.75) is 50.5 Å². The zero-order valence-corrected chi connectivity index (χ0v) is 7.38. The molecule has 0 heterocycles. The molecule has 2 heteroatoms. The molecule has 2 nitrogen and oxygen atoms in total. The Kier molecular flexibility index (Phi) is 1.95. The van der Waals surface area contributed by atoms with Gasteiger partial charge in [0.2, 0.25) is 0 Å². The first kappa shape index (κ1) is 8.24. The summed E-state index contributed by atoms with van der Waals surface area (Å²) >= 11 is 0. The third kappa shape index (κ3) is 1.18. The van der Waals surface area contributed by atoms with Gasteiger partial charge in [-0.15, -0.1) is 0 Å². The summed E-state index contributed by atoms with van der Waals surface area (Å²) < 4.78 is 0. The Morgan fingerprint density at radius 1 is 1.25 bits per heavy atom. The molecule has 0 unspecified atom stereocenters. The van der Waals surface area contributed by atoms with E-state index in [9.17, 15) is 9.90 Å². The summed E-state index contributed by atoms with van der Waals surface area (Å²) in [5, 5.41) is 10.1. The molecule has 0 amide bonds. The molecule has 2 fully saturated rings. The lowest BCUT2D eigenvalue weighted by atomic mass is 9.86. The third-order valence-electron chi connectivity index (χ3n) is 3.42. The van der Waals surface area contributed by atoms with Crippen LogP contribution in [0.2, 0.25) is 0 Å². The van der Waals surface area contributed by atoms with E-state index in [-0.39, 0.29) is 5.92 Å². The third-order valence-corrected chi connectivity index (χ3v) is 3.42. The number of ketones is 1. The fourth-order valence-electron chi connectivity index (χ4n) is 2.72. The van der Waals surface area contributed by atoms with Gasteiger partial charge in [0.1, 0.15) is 5.78 Å². The zero-order chi connectivity index (χ0) is 8.60. The summed E-state index contributed by atoms with van der Waals surface area (Å²) in [5.74, 6) is 0.299. The van der Waals surface area contributed by atoms with Crippen LogP contribution in [-0.4, -0.2) is 16.5 Å². The molecule has 2 atom stereocenters. The molecule has 2 saturated carbocycles. The number of rotatable bonds is 0. The summed E-state index contributed by atoms with van der Waals surface area (Å²) in [4.78, 5) is 11.5. The monoisotopic (exact) mass is 168 g/mol. The predicted octanol–water partition coefficient (Wildman–Crippen LogP) is 1.66. The lowest BCUT2D eigenvalue weighted by Crippen LogP contribution is -2.36. The van der Waals surface area contributed by atoms with Crippen LogP contribution in [0.1, 0.15) is 44.9 Å². The first-order valence-electron chi connectivity index (χ1n) is 4.97. The van der Waals surface area contributed by atoms with E-state index in [2.05, 4.69) is 0 Å². The number of carbonyl (C=O) groups is 1. The molecule has 0 saturated heterocycles. The summed E-state index contributed by atoms with van der Waals surface area (Å²) in [6, 6.07) is 0. The average Bonchev–Trinajstić information content (AvgIpc) is 2.36. The smallest absolute Gasteiger partial charge is 0.138 e. The van der Waals surface area contributed by atoms with Crippen molar-refractivity contribution in [2.24, 2.45) is 5.92 Å². The van der Waals surface area contributed by atoms with Crippen molar-refractivity contribution in [3.63, 3.8) is 0 Å². The van der Waals surface area contributed by atoms with Crippen molar-refractivity contribution < 1.29 is 9.90 Å². The van der Waals surface area contributed by atoms with Crippen LogP contribution in [0.4, 0.5) is 0 Å². The Hall–Kier alpha value is -0.370. The Balaban J connectivity index is 2.21.